The van der Waals surface area contributed by atoms with Crippen LogP contribution >= 0.6 is 15.9 Å². The molecule has 0 bridgehead atoms. The molecule has 1 aromatic carbocycles. The van der Waals surface area contributed by atoms with E-state index in [1.54, 1.807) is 5.57 Å². The number of aryl methyl sites for hydroxylation is 1. The summed E-state index contributed by atoms with van der Waals surface area (Å²) in [7, 11) is 0. The molecule has 2 nitrogen and oxygen atoms in total. The molecule has 1 aliphatic rings. The van der Waals surface area contributed by atoms with Gasteiger partial charge in [0.25, 0.3) is 0 Å². The van der Waals surface area contributed by atoms with E-state index in [4.69, 9.17) is 5.73 Å². The Labute approximate surface area is 111 Å². The third kappa shape index (κ3) is 3.25. The molecule has 0 heterocycles. The number of rotatable bonds is 4. The van der Waals surface area contributed by atoms with Crippen LogP contribution in [0.1, 0.15) is 31.2 Å². The van der Waals surface area contributed by atoms with E-state index < -0.39 is 0 Å². The molecule has 0 saturated heterocycles. The quantitative estimate of drug-likeness (QED) is 0.643. The molecule has 0 fully saturated rings. The van der Waals surface area contributed by atoms with E-state index in [1.165, 1.54) is 19.3 Å². The van der Waals surface area contributed by atoms with Crippen molar-refractivity contribution in [2.75, 3.05) is 17.6 Å². The Balaban J connectivity index is 1.92. The van der Waals surface area contributed by atoms with Gasteiger partial charge in [-0.05, 0) is 66.2 Å². The molecule has 0 atom stereocenters. The smallest absolute Gasteiger partial charge is 0.0488 e. The van der Waals surface area contributed by atoms with Crippen LogP contribution in [0.2, 0.25) is 0 Å². The molecule has 0 radical (unpaired) electrons. The van der Waals surface area contributed by atoms with Crippen LogP contribution in [0.15, 0.2) is 28.3 Å². The Kier molecular flexibility index (Phi) is 4.11. The maximum Gasteiger partial charge on any atom is 0.0488 e. The Morgan fingerprint density at radius 2 is 2.24 bits per heavy atom. The second kappa shape index (κ2) is 5.58. The minimum absolute atomic E-state index is 0.834. The van der Waals surface area contributed by atoms with Crippen LogP contribution in [-0.4, -0.2) is 6.54 Å². The monoisotopic (exact) mass is 294 g/mol. The summed E-state index contributed by atoms with van der Waals surface area (Å²) in [6, 6.07) is 4.06. The highest BCUT2D eigenvalue weighted by molar-refractivity contribution is 9.10. The number of hydrogen-bond donors (Lipinski definition) is 2. The Hall–Kier alpha value is -0.960. The van der Waals surface area contributed by atoms with Crippen molar-refractivity contribution < 1.29 is 0 Å². The Bertz CT molecular complexity index is 438. The van der Waals surface area contributed by atoms with Crippen molar-refractivity contribution in [1.82, 2.24) is 0 Å². The van der Waals surface area contributed by atoms with Crippen LogP contribution < -0.4 is 11.1 Å². The van der Waals surface area contributed by atoms with Crippen LogP contribution in [0.25, 0.3) is 0 Å². The lowest BCUT2D eigenvalue weighted by Gasteiger charge is -2.11. The molecule has 0 spiro atoms. The van der Waals surface area contributed by atoms with Crippen LogP contribution in [0, 0.1) is 6.92 Å². The van der Waals surface area contributed by atoms with Crippen molar-refractivity contribution >= 4 is 27.3 Å². The molecule has 0 amide bonds. The zero-order valence-electron chi connectivity index (χ0n) is 10.2. The minimum Gasteiger partial charge on any atom is -0.398 e. The first kappa shape index (κ1) is 12.5. The van der Waals surface area contributed by atoms with Gasteiger partial charge in [0.05, 0.1) is 0 Å². The Morgan fingerprint density at radius 3 is 2.94 bits per heavy atom. The molecular formula is C14H19BrN2. The van der Waals surface area contributed by atoms with Crippen LogP contribution in [-0.2, 0) is 0 Å². The maximum absolute atomic E-state index is 5.85. The molecule has 1 aliphatic carbocycles. The van der Waals surface area contributed by atoms with E-state index in [0.717, 1.165) is 34.4 Å². The van der Waals surface area contributed by atoms with Gasteiger partial charge in [0.15, 0.2) is 0 Å². The molecule has 3 N–H and O–H groups in total. The summed E-state index contributed by atoms with van der Waals surface area (Å²) in [5.41, 5.74) is 10.5. The van der Waals surface area contributed by atoms with Crippen molar-refractivity contribution in [3.63, 3.8) is 0 Å². The van der Waals surface area contributed by atoms with E-state index in [2.05, 4.69) is 33.4 Å². The predicted octanol–water partition coefficient (Wildman–Crippen LogP) is 4.25. The lowest BCUT2D eigenvalue weighted by atomic mass is 10.1. The highest BCUT2D eigenvalue weighted by Crippen LogP contribution is 2.28. The first-order valence-corrected chi connectivity index (χ1v) is 6.93. The van der Waals surface area contributed by atoms with Gasteiger partial charge in [-0.3, -0.25) is 0 Å². The summed E-state index contributed by atoms with van der Waals surface area (Å²) in [5.74, 6) is 0. The van der Waals surface area contributed by atoms with Crippen molar-refractivity contribution in [3.05, 3.63) is 33.8 Å². The second-order valence-electron chi connectivity index (χ2n) is 4.62. The van der Waals surface area contributed by atoms with E-state index in [1.807, 2.05) is 13.0 Å². The maximum atomic E-state index is 5.85. The topological polar surface area (TPSA) is 38.0 Å². The van der Waals surface area contributed by atoms with Gasteiger partial charge in [-0.15, -0.1) is 0 Å². The first-order valence-electron chi connectivity index (χ1n) is 6.14. The number of nitrogens with one attached hydrogen (secondary N) is 1. The molecule has 0 aromatic heterocycles. The third-order valence-corrected chi connectivity index (χ3v) is 3.91. The molecule has 17 heavy (non-hydrogen) atoms. The largest absolute Gasteiger partial charge is 0.398 e. The van der Waals surface area contributed by atoms with Gasteiger partial charge in [0, 0.05) is 22.4 Å². The van der Waals surface area contributed by atoms with E-state index >= 15 is 0 Å². The second-order valence-corrected chi connectivity index (χ2v) is 5.47. The standard InChI is InChI=1S/C14H19BrN2/c1-10-8-14(12(15)9-13(10)16)17-7-6-11-4-2-3-5-11/h4,8-9,17H,2-3,5-7,16H2,1H3. The van der Waals surface area contributed by atoms with Gasteiger partial charge in [0.2, 0.25) is 0 Å². The molecule has 2 rings (SSSR count). The molecule has 1 aromatic rings. The zero-order chi connectivity index (χ0) is 12.3. The highest BCUT2D eigenvalue weighted by atomic mass is 79.9. The average Bonchev–Trinajstić information content (AvgIpc) is 2.78. The first-order chi connectivity index (χ1) is 8.16. The fourth-order valence-corrected chi connectivity index (χ4v) is 2.66. The van der Waals surface area contributed by atoms with Gasteiger partial charge in [-0.25, -0.2) is 0 Å². The van der Waals surface area contributed by atoms with Gasteiger partial charge in [-0.2, -0.15) is 0 Å². The number of halogens is 1. The van der Waals surface area contributed by atoms with Crippen LogP contribution in [0.3, 0.4) is 0 Å². The van der Waals surface area contributed by atoms with Gasteiger partial charge in [-0.1, -0.05) is 11.6 Å². The summed E-state index contributed by atoms with van der Waals surface area (Å²) in [6.07, 6.45) is 7.41. The predicted molar refractivity (Wildman–Crippen MR) is 78.3 cm³/mol. The average molecular weight is 295 g/mol. The number of benzene rings is 1. The summed E-state index contributed by atoms with van der Waals surface area (Å²) in [4.78, 5) is 0. The molecule has 0 unspecified atom stereocenters. The minimum atomic E-state index is 0.834. The van der Waals surface area contributed by atoms with Crippen LogP contribution in [0.5, 0.6) is 0 Å². The normalized spacial score (nSPS) is 14.8. The lowest BCUT2D eigenvalue weighted by Crippen LogP contribution is -2.04. The number of anilines is 2. The van der Waals surface area contributed by atoms with E-state index in [9.17, 15) is 0 Å². The SMILES string of the molecule is Cc1cc(NCCC2=CCCC2)c(Br)cc1N. The number of hydrogen-bond acceptors (Lipinski definition) is 2. The summed E-state index contributed by atoms with van der Waals surface area (Å²) in [6.45, 7) is 3.03. The van der Waals surface area contributed by atoms with Crippen molar-refractivity contribution in [2.45, 2.75) is 32.6 Å². The van der Waals surface area contributed by atoms with Crippen LogP contribution in [0.4, 0.5) is 11.4 Å². The number of nitrogen functional groups attached to an aromatic ring is 1. The lowest BCUT2D eigenvalue weighted by molar-refractivity contribution is 0.863. The van der Waals surface area contributed by atoms with Crippen molar-refractivity contribution in [3.8, 4) is 0 Å². The molecule has 0 saturated carbocycles. The Morgan fingerprint density at radius 1 is 1.41 bits per heavy atom. The molecular weight excluding hydrogens is 276 g/mol. The summed E-state index contributed by atoms with van der Waals surface area (Å²) >= 11 is 3.54. The number of nitrogens with two attached hydrogens (primary N) is 1. The van der Waals surface area contributed by atoms with Gasteiger partial charge in [0.1, 0.15) is 0 Å². The number of allylic oxidation sites excluding steroid dienone is 1. The fourth-order valence-electron chi connectivity index (χ4n) is 2.15. The molecule has 92 valence electrons. The van der Waals surface area contributed by atoms with Crippen molar-refractivity contribution in [1.29, 1.82) is 0 Å². The van der Waals surface area contributed by atoms with E-state index in [0.29, 0.717) is 0 Å². The fraction of sp³-hybridized carbons (Fsp3) is 0.429. The molecule has 0 aliphatic heterocycles. The highest BCUT2D eigenvalue weighted by Gasteiger charge is 2.06. The zero-order valence-corrected chi connectivity index (χ0v) is 11.8. The van der Waals surface area contributed by atoms with Gasteiger partial charge < -0.3 is 11.1 Å². The third-order valence-electron chi connectivity index (χ3n) is 3.25. The molecule has 3 heteroatoms. The summed E-state index contributed by atoms with van der Waals surface area (Å²) in [5, 5.41) is 3.46. The van der Waals surface area contributed by atoms with E-state index in [-0.39, 0.29) is 0 Å². The van der Waals surface area contributed by atoms with Gasteiger partial charge >= 0.3 is 0 Å². The summed E-state index contributed by atoms with van der Waals surface area (Å²) < 4.78 is 1.04. The van der Waals surface area contributed by atoms with Crippen molar-refractivity contribution in [2.24, 2.45) is 0 Å².